The lowest BCUT2D eigenvalue weighted by Gasteiger charge is -2.10. The van der Waals surface area contributed by atoms with Crippen molar-refractivity contribution < 1.29 is 30.7 Å². The molecule has 0 fully saturated rings. The fourth-order valence-corrected chi connectivity index (χ4v) is 7.93. The Labute approximate surface area is 229 Å². The van der Waals surface area contributed by atoms with Gasteiger partial charge in [0.05, 0.1) is 11.4 Å². The summed E-state index contributed by atoms with van der Waals surface area (Å²) in [4.78, 5) is 12.2. The highest BCUT2D eigenvalue weighted by Gasteiger charge is 2.27. The molecule has 4 heterocycles. The number of halogens is 2. The number of anilines is 4. The van der Waals surface area contributed by atoms with Gasteiger partial charge in [-0.1, -0.05) is 10.3 Å². The van der Waals surface area contributed by atoms with Gasteiger partial charge in [-0.2, -0.15) is 0 Å². The van der Waals surface area contributed by atoms with Gasteiger partial charge in [-0.15, -0.1) is 22.7 Å². The van der Waals surface area contributed by atoms with Crippen molar-refractivity contribution in [1.82, 2.24) is 10.3 Å². The molecule has 0 aliphatic rings. The van der Waals surface area contributed by atoms with Crippen LogP contribution < -0.4 is 20.1 Å². The van der Waals surface area contributed by atoms with Gasteiger partial charge in [0.2, 0.25) is 0 Å². The third-order valence-corrected chi connectivity index (χ3v) is 10.9. The highest BCUT2D eigenvalue weighted by Crippen LogP contribution is 2.34. The number of thiophene rings is 2. The van der Waals surface area contributed by atoms with E-state index in [0.717, 1.165) is 22.7 Å². The maximum atomic E-state index is 12.8. The average Bonchev–Trinajstić information content (AvgIpc) is 3.58. The first-order valence-corrected chi connectivity index (χ1v) is 15.7. The first kappa shape index (κ1) is 26.6. The molecule has 19 heteroatoms. The van der Waals surface area contributed by atoms with Crippen LogP contribution in [-0.4, -0.2) is 33.2 Å². The number of nitrogens with zero attached hydrogens (tertiary/aromatic N) is 2. The van der Waals surface area contributed by atoms with Crippen LogP contribution in [0, 0.1) is 13.8 Å². The van der Waals surface area contributed by atoms with Gasteiger partial charge in [-0.3, -0.25) is 10.6 Å². The highest BCUT2D eigenvalue weighted by molar-refractivity contribution is 9.11. The van der Waals surface area contributed by atoms with Gasteiger partial charge in [0.1, 0.15) is 28.7 Å². The molecule has 0 bridgehead atoms. The predicted octanol–water partition coefficient (Wildman–Crippen LogP) is 5.17. The number of hydrogen-bond acceptors (Lipinski definition) is 11. The molecule has 4 aromatic heterocycles. The number of aromatic nitrogens is 2. The van der Waals surface area contributed by atoms with Gasteiger partial charge in [0, 0.05) is 0 Å². The topological polar surface area (TPSA) is 186 Å². The molecule has 4 N–H and O–H groups in total. The van der Waals surface area contributed by atoms with Gasteiger partial charge in [0.15, 0.2) is 0 Å². The molecule has 0 saturated carbocycles. The summed E-state index contributed by atoms with van der Waals surface area (Å²) in [6.07, 6.45) is 0. The molecule has 0 saturated heterocycles. The molecule has 4 rings (SSSR count). The maximum Gasteiger partial charge on any atom is 0.324 e. The van der Waals surface area contributed by atoms with Crippen molar-refractivity contribution in [3.63, 3.8) is 0 Å². The number of carbonyl (C=O) groups is 1. The molecule has 0 atom stereocenters. The third kappa shape index (κ3) is 5.44. The summed E-state index contributed by atoms with van der Waals surface area (Å²) in [7, 11) is -8.31. The van der Waals surface area contributed by atoms with Crippen LogP contribution in [0.25, 0.3) is 0 Å². The Morgan fingerprint density at radius 3 is 1.53 bits per heavy atom. The van der Waals surface area contributed by atoms with Crippen molar-refractivity contribution in [2.24, 2.45) is 0 Å². The summed E-state index contributed by atoms with van der Waals surface area (Å²) in [6.45, 7) is 3.24. The largest absolute Gasteiger partial charge is 0.336 e. The summed E-state index contributed by atoms with van der Waals surface area (Å²) in [5.74, 6) is -0.243. The zero-order chi connectivity index (χ0) is 26.3. The fourth-order valence-electron chi connectivity index (χ4n) is 2.64. The third-order valence-electron chi connectivity index (χ3n) is 4.33. The van der Waals surface area contributed by atoms with E-state index < -0.39 is 26.1 Å². The molecule has 0 unspecified atom stereocenters. The highest BCUT2D eigenvalue weighted by atomic mass is 79.9. The average molecular weight is 702 g/mol. The van der Waals surface area contributed by atoms with E-state index >= 15 is 0 Å². The van der Waals surface area contributed by atoms with Crippen LogP contribution in [0.1, 0.15) is 11.4 Å². The molecule has 36 heavy (non-hydrogen) atoms. The number of rotatable bonds is 8. The standard InChI is InChI=1S/C17H14Br2N6O7S4/c1-7-11(18)13(31-22-7)24-35(27,28)9-3-5-33-15(9)20-17(26)21-16-10(4-6-34-16)36(29,30)25-14-12(19)8(2)23-32-14/h3-6,24-25H,1-2H3,(H2,20,21,26). The second-order valence-electron chi connectivity index (χ2n) is 6.84. The predicted molar refractivity (Wildman–Crippen MR) is 141 cm³/mol. The van der Waals surface area contributed by atoms with Crippen LogP contribution >= 0.6 is 54.5 Å². The van der Waals surface area contributed by atoms with Crippen LogP contribution in [-0.2, 0) is 20.0 Å². The Morgan fingerprint density at radius 1 is 0.806 bits per heavy atom. The Morgan fingerprint density at radius 2 is 1.19 bits per heavy atom. The van der Waals surface area contributed by atoms with Crippen LogP contribution in [0.5, 0.6) is 0 Å². The van der Waals surface area contributed by atoms with E-state index in [9.17, 15) is 21.6 Å². The van der Waals surface area contributed by atoms with E-state index in [0.29, 0.717) is 20.3 Å². The number of sulfonamides is 2. The summed E-state index contributed by atoms with van der Waals surface area (Å²) in [5, 5.41) is 15.1. The van der Waals surface area contributed by atoms with Crippen molar-refractivity contribution in [3.8, 4) is 0 Å². The number of amides is 2. The van der Waals surface area contributed by atoms with E-state index in [1.807, 2.05) is 0 Å². The lowest BCUT2D eigenvalue weighted by molar-refractivity contribution is 0.262. The lowest BCUT2D eigenvalue weighted by Crippen LogP contribution is -2.22. The minimum absolute atomic E-state index is 0.00693. The van der Waals surface area contributed by atoms with E-state index in [1.54, 1.807) is 13.8 Å². The second kappa shape index (κ2) is 10.1. The van der Waals surface area contributed by atoms with Crippen LogP contribution in [0.3, 0.4) is 0 Å². The normalized spacial score (nSPS) is 11.9. The van der Waals surface area contributed by atoms with Crippen molar-refractivity contribution >= 4 is 102 Å². The van der Waals surface area contributed by atoms with Crippen LogP contribution in [0.15, 0.2) is 50.7 Å². The van der Waals surface area contributed by atoms with Crippen molar-refractivity contribution in [2.75, 3.05) is 20.1 Å². The SMILES string of the molecule is Cc1noc(NS(=O)(=O)c2ccsc2NC(=O)Nc2sccc2S(=O)(=O)Nc2onc(C)c2Br)c1Br. The van der Waals surface area contributed by atoms with Gasteiger partial charge >= 0.3 is 6.03 Å². The lowest BCUT2D eigenvalue weighted by atomic mass is 10.5. The Hall–Kier alpha value is -2.45. The van der Waals surface area contributed by atoms with Crippen LogP contribution in [0.2, 0.25) is 0 Å². The van der Waals surface area contributed by atoms with Crippen molar-refractivity contribution in [1.29, 1.82) is 0 Å². The van der Waals surface area contributed by atoms with Gasteiger partial charge in [-0.25, -0.2) is 31.1 Å². The summed E-state index contributed by atoms with van der Waals surface area (Å²) in [5.41, 5.74) is 0.885. The Balaban J connectivity index is 1.50. The zero-order valence-electron chi connectivity index (χ0n) is 18.0. The molecule has 192 valence electrons. The quantitative estimate of drug-likeness (QED) is 0.192. The minimum Gasteiger partial charge on any atom is -0.336 e. The monoisotopic (exact) mass is 700 g/mol. The van der Waals surface area contributed by atoms with Crippen LogP contribution in [0.4, 0.5) is 26.6 Å². The number of aryl methyl sites for hydroxylation is 2. The summed E-state index contributed by atoms with van der Waals surface area (Å²) >= 11 is 8.27. The fraction of sp³-hybridized carbons (Fsp3) is 0.118. The molecular weight excluding hydrogens is 688 g/mol. The van der Waals surface area contributed by atoms with E-state index in [4.69, 9.17) is 9.05 Å². The van der Waals surface area contributed by atoms with Crippen molar-refractivity contribution in [3.05, 3.63) is 43.2 Å². The number of hydrogen-bond donors (Lipinski definition) is 4. The summed E-state index contributed by atoms with van der Waals surface area (Å²) < 4.78 is 66.5. The molecule has 4 aromatic rings. The van der Waals surface area contributed by atoms with E-state index in [2.05, 4.69) is 62.3 Å². The first-order chi connectivity index (χ1) is 16.9. The molecule has 0 aromatic carbocycles. The molecule has 0 radical (unpaired) electrons. The van der Waals surface area contributed by atoms with Gasteiger partial charge in [-0.05, 0) is 68.6 Å². The first-order valence-electron chi connectivity index (χ1n) is 9.41. The molecule has 0 spiro atoms. The second-order valence-corrected chi connectivity index (χ2v) is 13.6. The van der Waals surface area contributed by atoms with E-state index in [1.165, 1.54) is 22.9 Å². The Kier molecular flexibility index (Phi) is 7.49. The minimum atomic E-state index is -4.16. The Bertz CT molecular complexity index is 1530. The number of nitrogens with one attached hydrogen (secondary N) is 4. The zero-order valence-corrected chi connectivity index (χ0v) is 24.4. The molecule has 0 aliphatic heterocycles. The summed E-state index contributed by atoms with van der Waals surface area (Å²) in [6, 6.07) is 1.73. The maximum absolute atomic E-state index is 12.8. The smallest absolute Gasteiger partial charge is 0.324 e. The van der Waals surface area contributed by atoms with E-state index in [-0.39, 0.29) is 31.6 Å². The molecule has 2 amide bonds. The van der Waals surface area contributed by atoms with Gasteiger partial charge < -0.3 is 9.05 Å². The molecular formula is C17H14Br2N6O7S4. The number of carbonyl (C=O) groups excluding carboxylic acids is 1. The molecule has 13 nitrogen and oxygen atoms in total. The van der Waals surface area contributed by atoms with Gasteiger partial charge in [0.25, 0.3) is 31.8 Å². The number of urea groups is 1. The molecule has 0 aliphatic carbocycles. The van der Waals surface area contributed by atoms with Crippen molar-refractivity contribution in [2.45, 2.75) is 23.6 Å².